The molecule has 0 unspecified atom stereocenters. The van der Waals surface area contributed by atoms with Crippen molar-refractivity contribution in [3.8, 4) is 0 Å². The van der Waals surface area contributed by atoms with Crippen LogP contribution in [0, 0.1) is 5.92 Å². The Morgan fingerprint density at radius 3 is 2.06 bits per heavy atom. The number of rotatable bonds is 8. The third-order valence-electron chi connectivity index (χ3n) is 2.42. The number of hydrogen-bond donors (Lipinski definition) is 0. The quantitative estimate of drug-likeness (QED) is 0.631. The van der Waals surface area contributed by atoms with Gasteiger partial charge in [0.2, 0.25) is 0 Å². The molecule has 0 atom stereocenters. The van der Waals surface area contributed by atoms with Crippen LogP contribution in [-0.2, 0) is 10.2 Å². The lowest BCUT2D eigenvalue weighted by molar-refractivity contribution is 0.375. The van der Waals surface area contributed by atoms with Gasteiger partial charge in [-0.15, -0.1) is 11.6 Å². The van der Waals surface area contributed by atoms with Crippen molar-refractivity contribution in [2.24, 2.45) is 5.92 Å². The minimum Gasteiger partial charge on any atom is -0.195 e. The van der Waals surface area contributed by atoms with E-state index < -0.39 is 10.2 Å². The van der Waals surface area contributed by atoms with Crippen molar-refractivity contribution in [3.05, 3.63) is 0 Å². The van der Waals surface area contributed by atoms with Gasteiger partial charge in [0.05, 0.1) is 0 Å². The van der Waals surface area contributed by atoms with Gasteiger partial charge in [-0.3, -0.25) is 0 Å². The maximum absolute atomic E-state index is 12.0. The first kappa shape index (κ1) is 16.2. The van der Waals surface area contributed by atoms with Gasteiger partial charge in [-0.2, -0.15) is 17.0 Å². The van der Waals surface area contributed by atoms with E-state index in [9.17, 15) is 8.42 Å². The Bertz CT molecular complexity index is 281. The zero-order valence-corrected chi connectivity index (χ0v) is 12.2. The van der Waals surface area contributed by atoms with Gasteiger partial charge in [0, 0.05) is 33.1 Å². The highest BCUT2D eigenvalue weighted by molar-refractivity contribution is 7.86. The molecule has 0 aromatic rings. The van der Waals surface area contributed by atoms with Gasteiger partial charge < -0.3 is 0 Å². The molecule has 0 aliphatic carbocycles. The summed E-state index contributed by atoms with van der Waals surface area (Å²) in [6.45, 7) is 5.19. The van der Waals surface area contributed by atoms with E-state index in [1.807, 2.05) is 0 Å². The molecule has 0 aliphatic heterocycles. The van der Waals surface area contributed by atoms with Crippen LogP contribution in [0.2, 0.25) is 0 Å². The number of alkyl halides is 1. The fourth-order valence-corrected chi connectivity index (χ4v) is 2.48. The minimum absolute atomic E-state index is 0.470. The highest BCUT2D eigenvalue weighted by atomic mass is 35.5. The van der Waals surface area contributed by atoms with Crippen LogP contribution in [0.25, 0.3) is 0 Å². The Morgan fingerprint density at radius 1 is 1.12 bits per heavy atom. The molecule has 0 spiro atoms. The van der Waals surface area contributed by atoms with Crippen molar-refractivity contribution < 1.29 is 8.42 Å². The van der Waals surface area contributed by atoms with E-state index >= 15 is 0 Å². The molecule has 0 bridgehead atoms. The van der Waals surface area contributed by atoms with Crippen LogP contribution in [0.4, 0.5) is 0 Å². The first-order chi connectivity index (χ1) is 7.32. The van der Waals surface area contributed by atoms with Crippen LogP contribution in [0.3, 0.4) is 0 Å². The predicted molar refractivity (Wildman–Crippen MR) is 69.0 cm³/mol. The largest absolute Gasteiger partial charge is 0.281 e. The molecule has 4 nitrogen and oxygen atoms in total. The van der Waals surface area contributed by atoms with Crippen molar-refractivity contribution in [2.45, 2.75) is 26.7 Å². The second-order valence-electron chi connectivity index (χ2n) is 4.38. The van der Waals surface area contributed by atoms with E-state index in [-0.39, 0.29) is 0 Å². The highest BCUT2D eigenvalue weighted by Crippen LogP contribution is 2.08. The van der Waals surface area contributed by atoms with Crippen LogP contribution >= 0.6 is 11.6 Å². The van der Waals surface area contributed by atoms with Gasteiger partial charge in [-0.25, -0.2) is 0 Å². The van der Waals surface area contributed by atoms with Crippen molar-refractivity contribution in [3.63, 3.8) is 0 Å². The summed E-state index contributed by atoms with van der Waals surface area (Å²) in [5, 5.41) is 0. The fourth-order valence-electron chi connectivity index (χ4n) is 1.19. The zero-order valence-electron chi connectivity index (χ0n) is 10.6. The molecule has 0 rings (SSSR count). The Balaban J connectivity index is 4.29. The highest BCUT2D eigenvalue weighted by Gasteiger charge is 2.22. The third-order valence-corrected chi connectivity index (χ3v) is 4.62. The first-order valence-corrected chi connectivity index (χ1v) is 7.49. The van der Waals surface area contributed by atoms with Crippen molar-refractivity contribution in [1.82, 2.24) is 8.61 Å². The Morgan fingerprint density at radius 2 is 1.62 bits per heavy atom. The summed E-state index contributed by atoms with van der Waals surface area (Å²) in [5.74, 6) is 0.987. The third kappa shape index (κ3) is 5.48. The van der Waals surface area contributed by atoms with Gasteiger partial charge in [0.25, 0.3) is 10.2 Å². The van der Waals surface area contributed by atoms with Crippen LogP contribution in [0.1, 0.15) is 26.7 Å². The average molecular weight is 271 g/mol. The molecule has 0 aliphatic rings. The van der Waals surface area contributed by atoms with Crippen LogP contribution in [0.15, 0.2) is 0 Å². The number of hydrogen-bond acceptors (Lipinski definition) is 2. The molecule has 16 heavy (non-hydrogen) atoms. The van der Waals surface area contributed by atoms with Gasteiger partial charge in [-0.1, -0.05) is 13.8 Å². The molecular weight excluding hydrogens is 248 g/mol. The Kier molecular flexibility index (Phi) is 7.55. The molecule has 0 N–H and O–H groups in total. The van der Waals surface area contributed by atoms with Gasteiger partial charge in [0.15, 0.2) is 0 Å². The minimum atomic E-state index is -3.30. The molecule has 0 aromatic carbocycles. The lowest BCUT2D eigenvalue weighted by atomic mass is 10.1. The van der Waals surface area contributed by atoms with E-state index in [4.69, 9.17) is 11.6 Å². The maximum atomic E-state index is 12.0. The summed E-state index contributed by atoms with van der Waals surface area (Å²) >= 11 is 5.54. The molecule has 0 fully saturated rings. The predicted octanol–water partition coefficient (Wildman–Crippen LogP) is 1.77. The lowest BCUT2D eigenvalue weighted by Gasteiger charge is -2.24. The lowest BCUT2D eigenvalue weighted by Crippen LogP contribution is -2.40. The zero-order chi connectivity index (χ0) is 12.8. The number of halogens is 1. The summed E-state index contributed by atoms with van der Waals surface area (Å²) in [6, 6.07) is 0. The van der Waals surface area contributed by atoms with Crippen molar-refractivity contribution in [1.29, 1.82) is 0 Å². The molecule has 0 saturated carbocycles. The summed E-state index contributed by atoms with van der Waals surface area (Å²) < 4.78 is 26.7. The normalized spacial score (nSPS) is 13.0. The summed E-state index contributed by atoms with van der Waals surface area (Å²) in [5.41, 5.74) is 0. The molecule has 0 saturated heterocycles. The Hall–Kier alpha value is 0.160. The van der Waals surface area contributed by atoms with Crippen molar-refractivity contribution >= 4 is 21.8 Å². The molecule has 0 radical (unpaired) electrons. The topological polar surface area (TPSA) is 40.6 Å². The van der Waals surface area contributed by atoms with E-state index in [2.05, 4.69) is 13.8 Å². The van der Waals surface area contributed by atoms with Gasteiger partial charge >= 0.3 is 0 Å². The smallest absolute Gasteiger partial charge is 0.195 e. The van der Waals surface area contributed by atoms with Crippen LogP contribution < -0.4 is 0 Å². The van der Waals surface area contributed by atoms with E-state index in [1.54, 1.807) is 14.1 Å². The van der Waals surface area contributed by atoms with Crippen LogP contribution in [0.5, 0.6) is 0 Å². The fraction of sp³-hybridized carbons (Fsp3) is 1.00. The van der Waals surface area contributed by atoms with Gasteiger partial charge in [-0.05, 0) is 18.8 Å². The van der Waals surface area contributed by atoms with Gasteiger partial charge in [0.1, 0.15) is 0 Å². The molecule has 0 heterocycles. The standard InChI is InChI=1S/C10H23ClN2O2S/c1-10(2)6-9-13(4)16(14,15)12(3)8-5-7-11/h10H,5-9H2,1-4H3. The SMILES string of the molecule is CC(C)CCN(C)S(=O)(=O)N(C)CCCCl. The summed E-state index contributed by atoms with van der Waals surface area (Å²) in [7, 11) is -0.0879. The van der Waals surface area contributed by atoms with E-state index in [1.165, 1.54) is 8.61 Å². The molecule has 6 heteroatoms. The Labute approximate surface area is 105 Å². The first-order valence-electron chi connectivity index (χ1n) is 5.56. The second-order valence-corrected chi connectivity index (χ2v) is 6.90. The van der Waals surface area contributed by atoms with E-state index in [0.29, 0.717) is 31.3 Å². The van der Waals surface area contributed by atoms with E-state index in [0.717, 1.165) is 6.42 Å². The molecule has 0 amide bonds. The summed E-state index contributed by atoms with van der Waals surface area (Å²) in [6.07, 6.45) is 1.55. The number of nitrogens with zero attached hydrogens (tertiary/aromatic N) is 2. The molecule has 0 aromatic heterocycles. The molecule has 98 valence electrons. The average Bonchev–Trinajstić information content (AvgIpc) is 2.21. The second kappa shape index (κ2) is 7.48. The van der Waals surface area contributed by atoms with Crippen LogP contribution in [-0.4, -0.2) is 50.1 Å². The monoisotopic (exact) mass is 270 g/mol. The van der Waals surface area contributed by atoms with Crippen molar-refractivity contribution in [2.75, 3.05) is 33.1 Å². The maximum Gasteiger partial charge on any atom is 0.281 e. The molecular formula is C10H23ClN2O2S. The summed E-state index contributed by atoms with van der Waals surface area (Å²) in [4.78, 5) is 0.